The Bertz CT molecular complexity index is 744. The summed E-state index contributed by atoms with van der Waals surface area (Å²) >= 11 is 1.57. The standard InChI is InChI=1S/C19H22N2O4S/c22-14(18-6-3-11-26-18)12-20-7-9-21(10-8-20)19(23)17-13-24-15-4-1-2-5-16(15)25-17/h1-6,11,14,17,22H,7-10,12-13H2. The summed E-state index contributed by atoms with van der Waals surface area (Å²) in [6, 6.07) is 11.3. The van der Waals surface area contributed by atoms with E-state index in [2.05, 4.69) is 4.90 Å². The van der Waals surface area contributed by atoms with Crippen molar-refractivity contribution in [2.75, 3.05) is 39.3 Å². The minimum absolute atomic E-state index is 0.0297. The number of β-amino-alcohol motifs (C(OH)–C–C–N with tert-alkyl or cyclic N) is 1. The summed E-state index contributed by atoms with van der Waals surface area (Å²) < 4.78 is 11.5. The lowest BCUT2D eigenvalue weighted by molar-refractivity contribution is -0.143. The van der Waals surface area contributed by atoms with E-state index in [0.29, 0.717) is 31.1 Å². The average Bonchev–Trinajstić information content (AvgIpc) is 3.23. The Kier molecular flexibility index (Phi) is 5.10. The van der Waals surface area contributed by atoms with Gasteiger partial charge in [0.05, 0.1) is 0 Å². The lowest BCUT2D eigenvalue weighted by Crippen LogP contribution is -2.54. The summed E-state index contributed by atoms with van der Waals surface area (Å²) in [5.41, 5.74) is 0. The molecule has 2 aliphatic rings. The van der Waals surface area contributed by atoms with Crippen LogP contribution in [0.25, 0.3) is 0 Å². The van der Waals surface area contributed by atoms with Crippen LogP contribution < -0.4 is 9.47 Å². The van der Waals surface area contributed by atoms with Crippen molar-refractivity contribution >= 4 is 17.2 Å². The minimum atomic E-state index is -0.590. The molecule has 0 aliphatic carbocycles. The number of ether oxygens (including phenoxy) is 2. The summed E-state index contributed by atoms with van der Waals surface area (Å²) in [4.78, 5) is 17.7. The van der Waals surface area contributed by atoms with E-state index in [-0.39, 0.29) is 12.5 Å². The average molecular weight is 374 g/mol. The zero-order valence-corrected chi connectivity index (χ0v) is 15.2. The molecule has 0 saturated carbocycles. The Balaban J connectivity index is 1.29. The molecular formula is C19H22N2O4S. The van der Waals surface area contributed by atoms with Gasteiger partial charge < -0.3 is 19.5 Å². The number of carbonyl (C=O) groups is 1. The normalized spacial score (nSPS) is 21.4. The highest BCUT2D eigenvalue weighted by molar-refractivity contribution is 7.10. The fraction of sp³-hybridized carbons (Fsp3) is 0.421. The van der Waals surface area contributed by atoms with Crippen LogP contribution in [0.15, 0.2) is 41.8 Å². The highest BCUT2D eigenvalue weighted by Crippen LogP contribution is 2.31. The van der Waals surface area contributed by atoms with E-state index in [9.17, 15) is 9.90 Å². The Labute approximate surface area is 156 Å². The number of piperazine rings is 1. The predicted molar refractivity (Wildman–Crippen MR) is 98.7 cm³/mol. The van der Waals surface area contributed by atoms with E-state index >= 15 is 0 Å². The molecule has 138 valence electrons. The molecule has 2 atom stereocenters. The first kappa shape index (κ1) is 17.3. The molecule has 1 fully saturated rings. The van der Waals surface area contributed by atoms with Gasteiger partial charge in [0, 0.05) is 37.6 Å². The Morgan fingerprint density at radius 3 is 2.65 bits per heavy atom. The molecule has 0 bridgehead atoms. The molecule has 26 heavy (non-hydrogen) atoms. The number of nitrogens with zero attached hydrogens (tertiary/aromatic N) is 2. The molecule has 6 nitrogen and oxygen atoms in total. The molecule has 4 rings (SSSR count). The van der Waals surface area contributed by atoms with E-state index < -0.39 is 12.2 Å². The van der Waals surface area contributed by atoms with E-state index in [1.165, 1.54) is 0 Å². The van der Waals surface area contributed by atoms with Gasteiger partial charge in [-0.2, -0.15) is 0 Å². The molecule has 2 unspecified atom stereocenters. The first-order chi connectivity index (χ1) is 12.7. The van der Waals surface area contributed by atoms with E-state index in [0.717, 1.165) is 18.0 Å². The van der Waals surface area contributed by atoms with Gasteiger partial charge in [0.2, 0.25) is 6.10 Å². The van der Waals surface area contributed by atoms with Crippen molar-refractivity contribution in [3.63, 3.8) is 0 Å². The van der Waals surface area contributed by atoms with Crippen molar-refractivity contribution in [2.45, 2.75) is 12.2 Å². The smallest absolute Gasteiger partial charge is 0.267 e. The molecular weight excluding hydrogens is 352 g/mol. The van der Waals surface area contributed by atoms with Gasteiger partial charge in [-0.25, -0.2) is 0 Å². The third-order valence-corrected chi connectivity index (χ3v) is 5.74. The van der Waals surface area contributed by atoms with Crippen molar-refractivity contribution in [2.24, 2.45) is 0 Å². The highest BCUT2D eigenvalue weighted by atomic mass is 32.1. The molecule has 1 N–H and O–H groups in total. The fourth-order valence-electron chi connectivity index (χ4n) is 3.31. The monoisotopic (exact) mass is 374 g/mol. The SMILES string of the molecule is O=C(C1COc2ccccc2O1)N1CCN(CC(O)c2cccs2)CC1. The summed E-state index contributed by atoms with van der Waals surface area (Å²) in [5.74, 6) is 1.27. The van der Waals surface area contributed by atoms with Crippen LogP contribution in [0.1, 0.15) is 11.0 Å². The minimum Gasteiger partial charge on any atom is -0.485 e. The van der Waals surface area contributed by atoms with Crippen LogP contribution >= 0.6 is 11.3 Å². The Morgan fingerprint density at radius 2 is 1.92 bits per heavy atom. The lowest BCUT2D eigenvalue weighted by Gasteiger charge is -2.37. The van der Waals surface area contributed by atoms with Crippen molar-refractivity contribution < 1.29 is 19.4 Å². The number of carbonyl (C=O) groups excluding carboxylic acids is 1. The molecule has 3 heterocycles. The fourth-order valence-corrected chi connectivity index (χ4v) is 4.01. The van der Waals surface area contributed by atoms with Crippen LogP contribution in [0.3, 0.4) is 0 Å². The van der Waals surface area contributed by atoms with Gasteiger partial charge >= 0.3 is 0 Å². The predicted octanol–water partition coefficient (Wildman–Crippen LogP) is 1.77. The zero-order chi connectivity index (χ0) is 17.9. The molecule has 7 heteroatoms. The van der Waals surface area contributed by atoms with Gasteiger partial charge in [-0.15, -0.1) is 11.3 Å². The van der Waals surface area contributed by atoms with Crippen LogP contribution in [0.5, 0.6) is 11.5 Å². The van der Waals surface area contributed by atoms with Gasteiger partial charge in [-0.1, -0.05) is 18.2 Å². The molecule has 2 aromatic rings. The van der Waals surface area contributed by atoms with Crippen molar-refractivity contribution in [1.82, 2.24) is 9.80 Å². The first-order valence-electron chi connectivity index (χ1n) is 8.82. The maximum Gasteiger partial charge on any atom is 0.267 e. The molecule has 1 aromatic heterocycles. The molecule has 0 radical (unpaired) electrons. The third-order valence-electron chi connectivity index (χ3n) is 4.77. The van der Waals surface area contributed by atoms with Crippen LogP contribution in [0.4, 0.5) is 0 Å². The van der Waals surface area contributed by atoms with Crippen LogP contribution in [0, 0.1) is 0 Å². The number of amides is 1. The number of hydrogen-bond acceptors (Lipinski definition) is 6. The van der Waals surface area contributed by atoms with Gasteiger partial charge in [0.25, 0.3) is 5.91 Å². The number of benzene rings is 1. The van der Waals surface area contributed by atoms with Crippen molar-refractivity contribution in [3.05, 3.63) is 46.7 Å². The van der Waals surface area contributed by atoms with Crippen molar-refractivity contribution in [3.8, 4) is 11.5 Å². The van der Waals surface area contributed by atoms with Crippen LogP contribution in [-0.2, 0) is 4.79 Å². The largest absolute Gasteiger partial charge is 0.485 e. The van der Waals surface area contributed by atoms with E-state index in [1.54, 1.807) is 11.3 Å². The van der Waals surface area contributed by atoms with Gasteiger partial charge in [-0.3, -0.25) is 9.69 Å². The quantitative estimate of drug-likeness (QED) is 0.884. The van der Waals surface area contributed by atoms with Gasteiger partial charge in [0.1, 0.15) is 12.7 Å². The molecule has 1 amide bonds. The second kappa shape index (κ2) is 7.65. The second-order valence-corrected chi connectivity index (χ2v) is 7.50. The maximum absolute atomic E-state index is 12.7. The molecule has 1 aromatic carbocycles. The summed E-state index contributed by atoms with van der Waals surface area (Å²) in [6.45, 7) is 3.61. The second-order valence-electron chi connectivity index (χ2n) is 6.52. The summed E-state index contributed by atoms with van der Waals surface area (Å²) in [5, 5.41) is 12.3. The number of aliphatic hydroxyl groups excluding tert-OH is 1. The number of thiophene rings is 1. The third kappa shape index (κ3) is 3.70. The van der Waals surface area contributed by atoms with Crippen LogP contribution in [0.2, 0.25) is 0 Å². The Morgan fingerprint density at radius 1 is 1.15 bits per heavy atom. The van der Waals surface area contributed by atoms with E-state index in [4.69, 9.17) is 9.47 Å². The molecule has 2 aliphatic heterocycles. The van der Waals surface area contributed by atoms with Crippen molar-refractivity contribution in [1.29, 1.82) is 0 Å². The van der Waals surface area contributed by atoms with Gasteiger partial charge in [0.15, 0.2) is 11.5 Å². The highest BCUT2D eigenvalue weighted by Gasteiger charge is 2.33. The molecule has 1 saturated heterocycles. The summed E-state index contributed by atoms with van der Waals surface area (Å²) in [7, 11) is 0. The number of hydrogen-bond donors (Lipinski definition) is 1. The first-order valence-corrected chi connectivity index (χ1v) is 9.70. The maximum atomic E-state index is 12.7. The zero-order valence-electron chi connectivity index (χ0n) is 14.4. The summed E-state index contributed by atoms with van der Waals surface area (Å²) in [6.07, 6.45) is -1.06. The number of fused-ring (bicyclic) bond motifs is 1. The number of rotatable bonds is 4. The molecule has 0 spiro atoms. The number of para-hydroxylation sites is 2. The van der Waals surface area contributed by atoms with E-state index in [1.807, 2.05) is 46.7 Å². The Hall–Kier alpha value is -2.09. The topological polar surface area (TPSA) is 62.2 Å². The lowest BCUT2D eigenvalue weighted by atomic mass is 10.2. The number of aliphatic hydroxyl groups is 1. The van der Waals surface area contributed by atoms with Crippen LogP contribution in [-0.4, -0.2) is 66.2 Å². The van der Waals surface area contributed by atoms with Gasteiger partial charge in [-0.05, 0) is 23.6 Å².